The van der Waals surface area contributed by atoms with E-state index in [4.69, 9.17) is 11.1 Å². The predicted molar refractivity (Wildman–Crippen MR) is 46.4 cm³/mol. The number of hydrogen-bond donors (Lipinski definition) is 2. The lowest BCUT2D eigenvalue weighted by atomic mass is 10.1. The summed E-state index contributed by atoms with van der Waals surface area (Å²) in [5.41, 5.74) is 5.16. The molecule has 3 N–H and O–H groups in total. The Labute approximate surface area is 69.5 Å². The van der Waals surface area contributed by atoms with E-state index in [1.54, 1.807) is 6.08 Å². The van der Waals surface area contributed by atoms with Gasteiger partial charge in [0.05, 0.1) is 0 Å². The number of rotatable bonds is 1. The molecule has 0 bridgehead atoms. The van der Waals surface area contributed by atoms with Gasteiger partial charge in [0, 0.05) is 6.42 Å². The zero-order valence-corrected chi connectivity index (χ0v) is 6.91. The molecule has 4 heteroatoms. The van der Waals surface area contributed by atoms with Gasteiger partial charge in [0.25, 0.3) is 0 Å². The lowest BCUT2D eigenvalue weighted by molar-refractivity contribution is -0.114. The van der Waals surface area contributed by atoms with Crippen LogP contribution in [0.3, 0.4) is 0 Å². The van der Waals surface area contributed by atoms with Gasteiger partial charge in [-0.1, -0.05) is 11.8 Å². The molecule has 0 radical (unpaired) electrons. The van der Waals surface area contributed by atoms with E-state index in [1.165, 1.54) is 11.8 Å². The Hall–Kier alpha value is -0.770. The first-order chi connectivity index (χ1) is 5.18. The summed E-state index contributed by atoms with van der Waals surface area (Å²) < 4.78 is 0. The minimum Gasteiger partial charge on any atom is -0.378 e. The average molecular weight is 170 g/mol. The fourth-order valence-electron chi connectivity index (χ4n) is 0.982. The minimum absolute atomic E-state index is 0.0611. The summed E-state index contributed by atoms with van der Waals surface area (Å²) in [5, 5.41) is 7.05. The quantitative estimate of drug-likeness (QED) is 0.459. The van der Waals surface area contributed by atoms with Crippen molar-refractivity contribution in [1.82, 2.24) is 0 Å². The van der Waals surface area contributed by atoms with Gasteiger partial charge in [0.1, 0.15) is 0 Å². The molecule has 1 aliphatic rings. The van der Waals surface area contributed by atoms with Gasteiger partial charge in [-0.2, -0.15) is 0 Å². The van der Waals surface area contributed by atoms with E-state index in [1.807, 2.05) is 0 Å². The van der Waals surface area contributed by atoms with E-state index in [0.717, 1.165) is 17.7 Å². The van der Waals surface area contributed by atoms with E-state index in [0.29, 0.717) is 6.42 Å². The maximum atomic E-state index is 10.9. The summed E-state index contributed by atoms with van der Waals surface area (Å²) >= 11 is 1.18. The number of amidine groups is 1. The molecule has 3 nitrogen and oxygen atoms in total. The van der Waals surface area contributed by atoms with Gasteiger partial charge in [-0.05, 0) is 23.8 Å². The second-order valence-corrected chi connectivity index (χ2v) is 3.57. The van der Waals surface area contributed by atoms with Crippen LogP contribution in [-0.4, -0.2) is 11.0 Å². The molecule has 1 rings (SSSR count). The highest BCUT2D eigenvalue weighted by Gasteiger charge is 2.10. The van der Waals surface area contributed by atoms with E-state index < -0.39 is 0 Å². The fraction of sp³-hybridized carbons (Fsp3) is 0.429. The SMILES string of the molecule is N=C(N)SC1=CC(=O)CCC1. The smallest absolute Gasteiger partial charge is 0.156 e. The lowest BCUT2D eigenvalue weighted by Crippen LogP contribution is -2.07. The van der Waals surface area contributed by atoms with Gasteiger partial charge >= 0.3 is 0 Å². The Morgan fingerprint density at radius 3 is 2.91 bits per heavy atom. The molecule has 11 heavy (non-hydrogen) atoms. The molecule has 0 aromatic carbocycles. The summed E-state index contributed by atoms with van der Waals surface area (Å²) in [6.45, 7) is 0. The molecule has 0 aromatic rings. The zero-order valence-electron chi connectivity index (χ0n) is 6.09. The second kappa shape index (κ2) is 3.57. The largest absolute Gasteiger partial charge is 0.378 e. The Kier molecular flexibility index (Phi) is 2.70. The maximum absolute atomic E-state index is 10.9. The van der Waals surface area contributed by atoms with Gasteiger partial charge < -0.3 is 5.73 Å². The molecule has 0 amide bonds. The third kappa shape index (κ3) is 2.76. The van der Waals surface area contributed by atoms with E-state index in [2.05, 4.69) is 0 Å². The lowest BCUT2D eigenvalue weighted by Gasteiger charge is -2.09. The van der Waals surface area contributed by atoms with Crippen molar-refractivity contribution in [3.63, 3.8) is 0 Å². The molecular weight excluding hydrogens is 160 g/mol. The van der Waals surface area contributed by atoms with Crippen molar-refractivity contribution < 1.29 is 4.79 Å². The Morgan fingerprint density at radius 1 is 1.64 bits per heavy atom. The fourth-order valence-corrected chi connectivity index (χ4v) is 1.70. The number of allylic oxidation sites excluding steroid dienone is 2. The number of ketones is 1. The molecule has 1 aliphatic carbocycles. The first-order valence-corrected chi connectivity index (χ1v) is 4.25. The standard InChI is InChI=1S/C7H10N2OS/c8-7(9)11-6-3-1-2-5(10)4-6/h4H,1-3H2,(H3,8,9). The normalized spacial score (nSPS) is 17.8. The summed E-state index contributed by atoms with van der Waals surface area (Å²) in [6, 6.07) is 0. The number of carbonyl (C=O) groups excluding carboxylic acids is 1. The van der Waals surface area contributed by atoms with Gasteiger partial charge in [0.15, 0.2) is 11.0 Å². The topological polar surface area (TPSA) is 66.9 Å². The Morgan fingerprint density at radius 2 is 2.36 bits per heavy atom. The monoisotopic (exact) mass is 170 g/mol. The summed E-state index contributed by atoms with van der Waals surface area (Å²) in [4.78, 5) is 11.8. The van der Waals surface area contributed by atoms with Gasteiger partial charge in [-0.15, -0.1) is 0 Å². The van der Waals surface area contributed by atoms with Crippen LogP contribution in [0.5, 0.6) is 0 Å². The van der Waals surface area contributed by atoms with Gasteiger partial charge in [0.2, 0.25) is 0 Å². The van der Waals surface area contributed by atoms with Crippen molar-refractivity contribution in [2.45, 2.75) is 19.3 Å². The third-order valence-corrected chi connectivity index (χ3v) is 2.21. The molecule has 0 atom stereocenters. The molecule has 0 heterocycles. The van der Waals surface area contributed by atoms with Crippen molar-refractivity contribution >= 4 is 22.7 Å². The van der Waals surface area contributed by atoms with E-state index in [-0.39, 0.29) is 11.0 Å². The number of carbonyl (C=O) groups is 1. The molecule has 0 saturated carbocycles. The first kappa shape index (κ1) is 8.33. The van der Waals surface area contributed by atoms with Crippen molar-refractivity contribution in [3.05, 3.63) is 11.0 Å². The zero-order chi connectivity index (χ0) is 8.27. The molecule has 0 unspecified atom stereocenters. The van der Waals surface area contributed by atoms with Gasteiger partial charge in [-0.25, -0.2) is 0 Å². The van der Waals surface area contributed by atoms with Crippen LogP contribution in [0.1, 0.15) is 19.3 Å². The summed E-state index contributed by atoms with van der Waals surface area (Å²) in [6.07, 6.45) is 4.01. The van der Waals surface area contributed by atoms with E-state index >= 15 is 0 Å². The molecule has 0 aliphatic heterocycles. The Balaban J connectivity index is 2.56. The van der Waals surface area contributed by atoms with Crippen LogP contribution in [0.2, 0.25) is 0 Å². The Bertz CT molecular complexity index is 222. The predicted octanol–water partition coefficient (Wildman–Crippen LogP) is 1.25. The number of hydrogen-bond acceptors (Lipinski definition) is 3. The minimum atomic E-state index is 0.0611. The van der Waals surface area contributed by atoms with Crippen LogP contribution >= 0.6 is 11.8 Å². The summed E-state index contributed by atoms with van der Waals surface area (Å²) in [7, 11) is 0. The highest BCUT2D eigenvalue weighted by molar-refractivity contribution is 8.17. The molecular formula is C7H10N2OS. The maximum Gasteiger partial charge on any atom is 0.156 e. The molecule has 0 spiro atoms. The average Bonchev–Trinajstić information content (AvgIpc) is 1.85. The van der Waals surface area contributed by atoms with Crippen molar-refractivity contribution in [2.75, 3.05) is 0 Å². The van der Waals surface area contributed by atoms with Crippen LogP contribution in [0.4, 0.5) is 0 Å². The van der Waals surface area contributed by atoms with Gasteiger partial charge in [-0.3, -0.25) is 10.2 Å². The van der Waals surface area contributed by atoms with Crippen LogP contribution in [-0.2, 0) is 4.79 Å². The number of nitrogens with one attached hydrogen (secondary N) is 1. The molecule has 0 saturated heterocycles. The van der Waals surface area contributed by atoms with Crippen molar-refractivity contribution in [1.29, 1.82) is 5.41 Å². The third-order valence-electron chi connectivity index (χ3n) is 1.41. The first-order valence-electron chi connectivity index (χ1n) is 3.44. The molecule has 0 fully saturated rings. The van der Waals surface area contributed by atoms with Crippen molar-refractivity contribution in [2.24, 2.45) is 5.73 Å². The summed E-state index contributed by atoms with van der Waals surface area (Å²) in [5.74, 6) is 0.153. The van der Waals surface area contributed by atoms with Crippen LogP contribution < -0.4 is 5.73 Å². The highest BCUT2D eigenvalue weighted by atomic mass is 32.2. The van der Waals surface area contributed by atoms with Crippen molar-refractivity contribution in [3.8, 4) is 0 Å². The van der Waals surface area contributed by atoms with Crippen LogP contribution in [0, 0.1) is 5.41 Å². The number of thioether (sulfide) groups is 1. The van der Waals surface area contributed by atoms with Crippen LogP contribution in [0.25, 0.3) is 0 Å². The second-order valence-electron chi connectivity index (χ2n) is 2.40. The van der Waals surface area contributed by atoms with Crippen LogP contribution in [0.15, 0.2) is 11.0 Å². The molecule has 0 aromatic heterocycles. The molecule has 60 valence electrons. The highest BCUT2D eigenvalue weighted by Crippen LogP contribution is 2.25. The number of nitrogens with two attached hydrogens (primary N) is 1. The van der Waals surface area contributed by atoms with E-state index in [9.17, 15) is 4.79 Å².